The van der Waals surface area contributed by atoms with Crippen molar-refractivity contribution in [2.45, 2.75) is 19.5 Å². The molecule has 1 atom stereocenters. The van der Waals surface area contributed by atoms with Gasteiger partial charge in [-0.1, -0.05) is 42.5 Å². The molecule has 116 valence electrons. The number of aliphatic carboxylic acids is 1. The van der Waals surface area contributed by atoms with E-state index in [9.17, 15) is 4.79 Å². The lowest BCUT2D eigenvalue weighted by molar-refractivity contribution is -0.143. The van der Waals surface area contributed by atoms with Crippen molar-refractivity contribution in [2.75, 3.05) is 26.2 Å². The van der Waals surface area contributed by atoms with Gasteiger partial charge in [0.15, 0.2) is 0 Å². The maximum absolute atomic E-state index is 11.1. The first-order valence-electron chi connectivity index (χ1n) is 7.81. The Morgan fingerprint density at radius 3 is 2.50 bits per heavy atom. The van der Waals surface area contributed by atoms with Gasteiger partial charge in [-0.05, 0) is 23.3 Å². The molecule has 2 aromatic carbocycles. The highest BCUT2D eigenvalue weighted by Gasteiger charge is 2.25. The molecule has 1 aliphatic rings. The largest absolute Gasteiger partial charge is 0.480 e. The summed E-state index contributed by atoms with van der Waals surface area (Å²) in [6.45, 7) is 6.16. The first kappa shape index (κ1) is 15.0. The summed E-state index contributed by atoms with van der Waals surface area (Å²) in [5, 5.41) is 11.7. The molecule has 0 spiro atoms. The Hall–Kier alpha value is -1.91. The molecule has 1 heterocycles. The number of piperazine rings is 1. The van der Waals surface area contributed by atoms with Crippen LogP contribution in [-0.4, -0.2) is 53.1 Å². The lowest BCUT2D eigenvalue weighted by Crippen LogP contribution is -2.51. The summed E-state index contributed by atoms with van der Waals surface area (Å²) in [6.07, 6.45) is 0. The van der Waals surface area contributed by atoms with E-state index in [1.165, 1.54) is 16.3 Å². The average Bonchev–Trinajstić information content (AvgIpc) is 2.55. The number of benzene rings is 2. The fourth-order valence-electron chi connectivity index (χ4n) is 3.14. The first-order valence-corrected chi connectivity index (χ1v) is 7.81. The first-order chi connectivity index (χ1) is 10.6. The van der Waals surface area contributed by atoms with Gasteiger partial charge >= 0.3 is 5.97 Å². The summed E-state index contributed by atoms with van der Waals surface area (Å²) in [6, 6.07) is 14.5. The number of carbonyl (C=O) groups is 1. The second-order valence-electron chi connectivity index (χ2n) is 5.96. The average molecular weight is 298 g/mol. The molecular formula is C18H22N2O2. The predicted octanol–water partition coefficient (Wildman–Crippen LogP) is 2.43. The fraction of sp³-hybridized carbons (Fsp3) is 0.389. The summed E-state index contributed by atoms with van der Waals surface area (Å²) < 4.78 is 0. The highest BCUT2D eigenvalue weighted by molar-refractivity contribution is 5.85. The predicted molar refractivity (Wildman–Crippen MR) is 87.9 cm³/mol. The zero-order valence-corrected chi connectivity index (χ0v) is 12.9. The van der Waals surface area contributed by atoms with Crippen molar-refractivity contribution in [3.8, 4) is 0 Å². The Labute approximate surface area is 131 Å². The minimum Gasteiger partial charge on any atom is -0.480 e. The van der Waals surface area contributed by atoms with Crippen molar-refractivity contribution < 1.29 is 9.90 Å². The van der Waals surface area contributed by atoms with Crippen LogP contribution in [0.3, 0.4) is 0 Å². The standard InChI is InChI=1S/C18H22N2O2/c1-14(18(21)22)20-11-9-19(10-12-20)13-16-7-4-6-15-5-2-3-8-17(15)16/h2-8,14H,9-13H2,1H3,(H,21,22). The Kier molecular flexibility index (Phi) is 4.41. The van der Waals surface area contributed by atoms with E-state index in [0.29, 0.717) is 0 Å². The van der Waals surface area contributed by atoms with Gasteiger partial charge in [-0.15, -0.1) is 0 Å². The quantitative estimate of drug-likeness (QED) is 0.941. The molecule has 0 bridgehead atoms. The number of carboxylic acid groups (broad SMARTS) is 1. The number of hydrogen-bond acceptors (Lipinski definition) is 3. The summed E-state index contributed by atoms with van der Waals surface area (Å²) in [5.74, 6) is -0.734. The van der Waals surface area contributed by atoms with Gasteiger partial charge in [-0.25, -0.2) is 0 Å². The molecule has 1 unspecified atom stereocenters. The number of hydrogen-bond donors (Lipinski definition) is 1. The molecule has 1 aliphatic heterocycles. The summed E-state index contributed by atoms with van der Waals surface area (Å²) in [4.78, 5) is 15.5. The van der Waals surface area contributed by atoms with Crippen molar-refractivity contribution in [1.82, 2.24) is 9.80 Å². The molecule has 4 heteroatoms. The molecule has 4 nitrogen and oxygen atoms in total. The van der Waals surface area contributed by atoms with Gasteiger partial charge in [0.2, 0.25) is 0 Å². The number of nitrogens with zero attached hydrogens (tertiary/aromatic N) is 2. The molecule has 22 heavy (non-hydrogen) atoms. The van der Waals surface area contributed by atoms with E-state index in [0.717, 1.165) is 32.7 Å². The van der Waals surface area contributed by atoms with Crippen molar-refractivity contribution >= 4 is 16.7 Å². The summed E-state index contributed by atoms with van der Waals surface area (Å²) in [5.41, 5.74) is 1.35. The lowest BCUT2D eigenvalue weighted by atomic mass is 10.0. The molecule has 1 saturated heterocycles. The maximum atomic E-state index is 11.1. The molecule has 0 aromatic heterocycles. The normalized spacial score (nSPS) is 18.4. The zero-order valence-electron chi connectivity index (χ0n) is 12.9. The third-order valence-corrected chi connectivity index (χ3v) is 4.59. The number of fused-ring (bicyclic) bond motifs is 1. The van der Waals surface area contributed by atoms with Crippen LogP contribution in [0.5, 0.6) is 0 Å². The Morgan fingerprint density at radius 1 is 1.09 bits per heavy atom. The second-order valence-corrected chi connectivity index (χ2v) is 5.96. The molecule has 1 N–H and O–H groups in total. The van der Waals surface area contributed by atoms with Crippen LogP contribution in [0.4, 0.5) is 0 Å². The van der Waals surface area contributed by atoms with Gasteiger partial charge < -0.3 is 5.11 Å². The molecule has 2 aromatic rings. The molecule has 1 fully saturated rings. The van der Waals surface area contributed by atoms with Crippen LogP contribution in [-0.2, 0) is 11.3 Å². The summed E-state index contributed by atoms with van der Waals surface area (Å²) in [7, 11) is 0. The second kappa shape index (κ2) is 6.46. The van der Waals surface area contributed by atoms with Crippen LogP contribution >= 0.6 is 0 Å². The van der Waals surface area contributed by atoms with E-state index < -0.39 is 5.97 Å². The minimum absolute atomic E-state index is 0.389. The highest BCUT2D eigenvalue weighted by atomic mass is 16.4. The van der Waals surface area contributed by atoms with E-state index >= 15 is 0 Å². The highest BCUT2D eigenvalue weighted by Crippen LogP contribution is 2.20. The van der Waals surface area contributed by atoms with Crippen LogP contribution in [0.15, 0.2) is 42.5 Å². The smallest absolute Gasteiger partial charge is 0.320 e. The number of rotatable bonds is 4. The van der Waals surface area contributed by atoms with E-state index in [2.05, 4.69) is 47.4 Å². The molecule has 0 saturated carbocycles. The van der Waals surface area contributed by atoms with Crippen LogP contribution < -0.4 is 0 Å². The Morgan fingerprint density at radius 2 is 1.77 bits per heavy atom. The molecular weight excluding hydrogens is 276 g/mol. The van der Waals surface area contributed by atoms with Crippen LogP contribution in [0.2, 0.25) is 0 Å². The van der Waals surface area contributed by atoms with E-state index in [-0.39, 0.29) is 6.04 Å². The van der Waals surface area contributed by atoms with Gasteiger partial charge in [0.05, 0.1) is 0 Å². The minimum atomic E-state index is -0.734. The van der Waals surface area contributed by atoms with E-state index in [1.54, 1.807) is 6.92 Å². The van der Waals surface area contributed by atoms with Crippen LogP contribution in [0.1, 0.15) is 12.5 Å². The van der Waals surface area contributed by atoms with Crippen molar-refractivity contribution in [3.63, 3.8) is 0 Å². The summed E-state index contributed by atoms with van der Waals surface area (Å²) >= 11 is 0. The third kappa shape index (κ3) is 3.13. The van der Waals surface area contributed by atoms with E-state index in [1.807, 2.05) is 4.90 Å². The van der Waals surface area contributed by atoms with Gasteiger partial charge in [0, 0.05) is 32.7 Å². The third-order valence-electron chi connectivity index (χ3n) is 4.59. The van der Waals surface area contributed by atoms with E-state index in [4.69, 9.17) is 5.11 Å². The lowest BCUT2D eigenvalue weighted by Gasteiger charge is -2.36. The molecule has 3 rings (SSSR count). The molecule has 0 radical (unpaired) electrons. The van der Waals surface area contributed by atoms with Gasteiger partial charge in [-0.3, -0.25) is 14.6 Å². The molecule has 0 amide bonds. The topological polar surface area (TPSA) is 43.8 Å². The fourth-order valence-corrected chi connectivity index (χ4v) is 3.14. The van der Waals surface area contributed by atoms with Crippen molar-refractivity contribution in [3.05, 3.63) is 48.0 Å². The van der Waals surface area contributed by atoms with Gasteiger partial charge in [0.25, 0.3) is 0 Å². The Bertz CT molecular complexity index is 658. The molecule has 0 aliphatic carbocycles. The van der Waals surface area contributed by atoms with Crippen molar-refractivity contribution in [1.29, 1.82) is 0 Å². The monoisotopic (exact) mass is 298 g/mol. The Balaban J connectivity index is 1.66. The van der Waals surface area contributed by atoms with Crippen LogP contribution in [0.25, 0.3) is 10.8 Å². The van der Waals surface area contributed by atoms with Crippen LogP contribution in [0, 0.1) is 0 Å². The van der Waals surface area contributed by atoms with Gasteiger partial charge in [-0.2, -0.15) is 0 Å². The number of carboxylic acids is 1. The van der Waals surface area contributed by atoms with Crippen molar-refractivity contribution in [2.24, 2.45) is 0 Å². The zero-order chi connectivity index (χ0) is 15.5. The maximum Gasteiger partial charge on any atom is 0.320 e. The SMILES string of the molecule is CC(C(=O)O)N1CCN(Cc2cccc3ccccc23)CC1. The van der Waals surface area contributed by atoms with Gasteiger partial charge in [0.1, 0.15) is 6.04 Å².